The first-order valence-electron chi connectivity index (χ1n) is 7.04. The lowest BCUT2D eigenvalue weighted by atomic mass is 9.96. The fourth-order valence-electron chi connectivity index (χ4n) is 2.79. The first kappa shape index (κ1) is 14.0. The molecule has 0 unspecified atom stereocenters. The molecule has 1 saturated heterocycles. The molecule has 5 heteroatoms. The zero-order valence-corrected chi connectivity index (χ0v) is 12.4. The molecule has 0 bridgehead atoms. The number of hydrogen-bond donors (Lipinski definition) is 2. The number of hydrazine groups is 1. The molecule has 104 valence electrons. The third-order valence-electron chi connectivity index (χ3n) is 3.73. The number of guanidine groups is 1. The minimum Gasteiger partial charge on any atom is -0.340 e. The largest absolute Gasteiger partial charge is 0.340 e. The summed E-state index contributed by atoms with van der Waals surface area (Å²) in [5.74, 6) is 7.73. The zero-order chi connectivity index (χ0) is 13.0. The summed E-state index contributed by atoms with van der Waals surface area (Å²) >= 11 is 2.03. The van der Waals surface area contributed by atoms with Crippen molar-refractivity contribution < 1.29 is 0 Å². The molecule has 3 N–H and O–H groups in total. The van der Waals surface area contributed by atoms with Crippen LogP contribution in [-0.2, 0) is 0 Å². The number of aliphatic imine (C=N–C) groups is 1. The van der Waals surface area contributed by atoms with Gasteiger partial charge in [0.05, 0.1) is 6.04 Å². The quantitative estimate of drug-likeness (QED) is 0.331. The highest BCUT2D eigenvalue weighted by Crippen LogP contribution is 2.29. The maximum atomic E-state index is 5.68. The van der Waals surface area contributed by atoms with Crippen molar-refractivity contribution in [2.24, 2.45) is 10.8 Å². The first-order chi connectivity index (χ1) is 8.61. The lowest BCUT2D eigenvalue weighted by molar-refractivity contribution is 0.367. The van der Waals surface area contributed by atoms with Crippen molar-refractivity contribution in [3.8, 4) is 0 Å². The number of rotatable bonds is 1. The molecule has 4 nitrogen and oxygen atoms in total. The predicted octanol–water partition coefficient (Wildman–Crippen LogP) is 1.97. The molecule has 0 spiro atoms. The van der Waals surface area contributed by atoms with E-state index in [-0.39, 0.29) is 0 Å². The number of nitrogens with two attached hydrogens (primary N) is 1. The van der Waals surface area contributed by atoms with E-state index < -0.39 is 0 Å². The molecule has 2 fully saturated rings. The minimum atomic E-state index is 0.294. The molecular formula is C13H26N4S. The van der Waals surface area contributed by atoms with E-state index in [0.29, 0.717) is 10.8 Å². The molecule has 0 amide bonds. The molecular weight excluding hydrogens is 244 g/mol. The summed E-state index contributed by atoms with van der Waals surface area (Å²) in [4.78, 5) is 7.15. The standard InChI is InChI=1S/C13H26N4S/c1-13(2)10-17(8-9-18-13)12(16-14)15-11-6-4-3-5-7-11/h11H,3-10,14H2,1-2H3,(H,15,16). The van der Waals surface area contributed by atoms with Crippen LogP contribution in [0.2, 0.25) is 0 Å². The molecule has 0 aromatic heterocycles. The van der Waals surface area contributed by atoms with E-state index in [1.165, 1.54) is 32.1 Å². The van der Waals surface area contributed by atoms with Gasteiger partial charge in [-0.1, -0.05) is 19.3 Å². The molecule has 2 rings (SSSR count). The van der Waals surface area contributed by atoms with Crippen molar-refractivity contribution in [3.63, 3.8) is 0 Å². The maximum absolute atomic E-state index is 5.68. The first-order valence-corrected chi connectivity index (χ1v) is 8.02. The van der Waals surface area contributed by atoms with E-state index in [2.05, 4.69) is 24.2 Å². The molecule has 0 aromatic rings. The lowest BCUT2D eigenvalue weighted by Crippen LogP contribution is -2.53. The lowest BCUT2D eigenvalue weighted by Gasteiger charge is -2.39. The number of nitrogens with one attached hydrogen (secondary N) is 1. The van der Waals surface area contributed by atoms with E-state index in [1.54, 1.807) is 0 Å². The summed E-state index contributed by atoms with van der Waals surface area (Å²) in [6.45, 7) is 6.65. The van der Waals surface area contributed by atoms with Crippen molar-refractivity contribution in [2.45, 2.75) is 56.7 Å². The van der Waals surface area contributed by atoms with Gasteiger partial charge in [0.25, 0.3) is 0 Å². The Morgan fingerprint density at radius 2 is 2.06 bits per heavy atom. The van der Waals surface area contributed by atoms with Gasteiger partial charge in [-0.05, 0) is 26.7 Å². The Balaban J connectivity index is 2.00. The SMILES string of the molecule is CC1(C)CN(C(=NC2CCCCC2)NN)CCS1. The number of thioether (sulfide) groups is 1. The summed E-state index contributed by atoms with van der Waals surface area (Å²) < 4.78 is 0.294. The summed E-state index contributed by atoms with van der Waals surface area (Å²) in [5, 5.41) is 0. The van der Waals surface area contributed by atoms with Crippen molar-refractivity contribution >= 4 is 17.7 Å². The van der Waals surface area contributed by atoms with E-state index in [1.807, 2.05) is 11.8 Å². The van der Waals surface area contributed by atoms with Crippen molar-refractivity contribution in [2.75, 3.05) is 18.8 Å². The van der Waals surface area contributed by atoms with Gasteiger partial charge in [0.15, 0.2) is 0 Å². The molecule has 2 aliphatic rings. The Hall–Kier alpha value is -0.420. The van der Waals surface area contributed by atoms with Crippen LogP contribution >= 0.6 is 11.8 Å². The van der Waals surface area contributed by atoms with Gasteiger partial charge < -0.3 is 4.90 Å². The minimum absolute atomic E-state index is 0.294. The molecule has 1 aliphatic carbocycles. The predicted molar refractivity (Wildman–Crippen MR) is 79.7 cm³/mol. The molecule has 0 radical (unpaired) electrons. The second-order valence-corrected chi connectivity index (χ2v) is 7.72. The summed E-state index contributed by atoms with van der Waals surface area (Å²) in [7, 11) is 0. The summed E-state index contributed by atoms with van der Waals surface area (Å²) in [6, 6.07) is 0.475. The van der Waals surface area contributed by atoms with Gasteiger partial charge in [0.1, 0.15) is 0 Å². The van der Waals surface area contributed by atoms with Crippen LogP contribution in [0.4, 0.5) is 0 Å². The third-order valence-corrected chi connectivity index (χ3v) is 5.03. The van der Waals surface area contributed by atoms with E-state index >= 15 is 0 Å². The van der Waals surface area contributed by atoms with Crippen LogP contribution in [0.3, 0.4) is 0 Å². The van der Waals surface area contributed by atoms with Gasteiger partial charge >= 0.3 is 0 Å². The van der Waals surface area contributed by atoms with Crippen molar-refractivity contribution in [1.82, 2.24) is 10.3 Å². The fraction of sp³-hybridized carbons (Fsp3) is 0.923. The molecule has 1 aliphatic heterocycles. The highest BCUT2D eigenvalue weighted by Gasteiger charge is 2.29. The van der Waals surface area contributed by atoms with Crippen LogP contribution in [0.1, 0.15) is 46.0 Å². The van der Waals surface area contributed by atoms with Crippen LogP contribution in [0.15, 0.2) is 4.99 Å². The topological polar surface area (TPSA) is 53.6 Å². The summed E-state index contributed by atoms with van der Waals surface area (Å²) in [5.41, 5.74) is 2.82. The van der Waals surface area contributed by atoms with Crippen LogP contribution in [0.5, 0.6) is 0 Å². The Morgan fingerprint density at radius 3 is 2.67 bits per heavy atom. The van der Waals surface area contributed by atoms with Crippen LogP contribution in [0.25, 0.3) is 0 Å². The smallest absolute Gasteiger partial charge is 0.208 e. The average Bonchev–Trinajstić information content (AvgIpc) is 2.36. The number of hydrogen-bond acceptors (Lipinski definition) is 3. The average molecular weight is 270 g/mol. The van der Waals surface area contributed by atoms with E-state index in [9.17, 15) is 0 Å². The Morgan fingerprint density at radius 1 is 1.33 bits per heavy atom. The van der Waals surface area contributed by atoms with Crippen LogP contribution in [0, 0.1) is 0 Å². The zero-order valence-electron chi connectivity index (χ0n) is 11.6. The van der Waals surface area contributed by atoms with Gasteiger partial charge in [0, 0.05) is 23.6 Å². The van der Waals surface area contributed by atoms with Gasteiger partial charge in [0.2, 0.25) is 5.96 Å². The maximum Gasteiger partial charge on any atom is 0.208 e. The van der Waals surface area contributed by atoms with Crippen LogP contribution < -0.4 is 11.3 Å². The van der Waals surface area contributed by atoms with Crippen molar-refractivity contribution in [3.05, 3.63) is 0 Å². The van der Waals surface area contributed by atoms with Crippen molar-refractivity contribution in [1.29, 1.82) is 0 Å². The molecule has 0 aromatic carbocycles. The van der Waals surface area contributed by atoms with Crippen LogP contribution in [-0.4, -0.2) is 40.5 Å². The highest BCUT2D eigenvalue weighted by molar-refractivity contribution is 8.00. The molecule has 18 heavy (non-hydrogen) atoms. The van der Waals surface area contributed by atoms with Gasteiger partial charge in [-0.15, -0.1) is 0 Å². The molecule has 1 saturated carbocycles. The van der Waals surface area contributed by atoms with Gasteiger partial charge in [-0.25, -0.2) is 10.8 Å². The molecule has 0 atom stereocenters. The van der Waals surface area contributed by atoms with E-state index in [0.717, 1.165) is 24.8 Å². The van der Waals surface area contributed by atoms with Gasteiger partial charge in [-0.3, -0.25) is 5.43 Å². The Labute approximate surface area is 115 Å². The molecule has 1 heterocycles. The number of nitrogens with zero attached hydrogens (tertiary/aromatic N) is 2. The Bertz CT molecular complexity index is 297. The summed E-state index contributed by atoms with van der Waals surface area (Å²) in [6.07, 6.45) is 6.43. The third kappa shape index (κ3) is 3.79. The van der Waals surface area contributed by atoms with E-state index in [4.69, 9.17) is 10.8 Å². The van der Waals surface area contributed by atoms with Gasteiger partial charge in [-0.2, -0.15) is 11.8 Å². The Kier molecular flexibility index (Phi) is 4.78. The monoisotopic (exact) mass is 270 g/mol. The second-order valence-electron chi connectivity index (χ2n) is 5.92. The highest BCUT2D eigenvalue weighted by atomic mass is 32.2. The normalized spacial score (nSPS) is 26.2. The fourth-order valence-corrected chi connectivity index (χ4v) is 3.90. The second kappa shape index (κ2) is 6.15.